The Morgan fingerprint density at radius 1 is 1.19 bits per heavy atom. The normalized spacial score (nSPS) is 28.8. The molecule has 5 nitrogen and oxygen atoms in total. The maximum atomic E-state index is 13.6. The third kappa shape index (κ3) is 3.75. The predicted molar refractivity (Wildman–Crippen MR) is 110 cm³/mol. The van der Waals surface area contributed by atoms with Crippen LogP contribution in [0.4, 0.5) is 13.2 Å². The summed E-state index contributed by atoms with van der Waals surface area (Å²) in [5.41, 5.74) is 2.59. The zero-order valence-corrected chi connectivity index (χ0v) is 17.6. The van der Waals surface area contributed by atoms with Crippen LogP contribution in [0.25, 0.3) is 0 Å². The largest absolute Gasteiger partial charge is 0.416 e. The lowest BCUT2D eigenvalue weighted by molar-refractivity contribution is -0.0895. The highest BCUT2D eigenvalue weighted by Crippen LogP contribution is 2.48. The summed E-state index contributed by atoms with van der Waals surface area (Å²) in [7, 11) is 2.04. The van der Waals surface area contributed by atoms with Gasteiger partial charge in [0.25, 0.3) is 5.91 Å². The Bertz CT molecular complexity index is 960. The third-order valence-electron chi connectivity index (χ3n) is 7.36. The highest BCUT2D eigenvalue weighted by Gasteiger charge is 2.46. The molecule has 0 aromatic carbocycles. The van der Waals surface area contributed by atoms with Gasteiger partial charge in [-0.3, -0.25) is 9.89 Å². The fraction of sp³-hybridized carbons (Fsp3) is 0.565. The number of likely N-dealkylation sites (tertiary alicyclic amines) is 1. The van der Waals surface area contributed by atoms with Gasteiger partial charge in [0.2, 0.25) is 0 Å². The van der Waals surface area contributed by atoms with E-state index >= 15 is 0 Å². The van der Waals surface area contributed by atoms with Crippen LogP contribution < -0.4 is 0 Å². The van der Waals surface area contributed by atoms with Gasteiger partial charge in [0, 0.05) is 31.7 Å². The number of nitrogens with one attached hydrogen (secondary N) is 1. The molecule has 0 unspecified atom stereocenters. The van der Waals surface area contributed by atoms with E-state index in [1.165, 1.54) is 12.2 Å². The van der Waals surface area contributed by atoms with Crippen molar-refractivity contribution in [2.45, 2.75) is 38.4 Å². The Hall–Kier alpha value is -2.35. The number of halogens is 3. The molecule has 2 fully saturated rings. The van der Waals surface area contributed by atoms with E-state index in [4.69, 9.17) is 0 Å². The van der Waals surface area contributed by atoms with Crippen molar-refractivity contribution in [1.82, 2.24) is 20.0 Å². The van der Waals surface area contributed by atoms with Gasteiger partial charge in [-0.1, -0.05) is 29.9 Å². The molecule has 1 saturated carbocycles. The summed E-state index contributed by atoms with van der Waals surface area (Å²) >= 11 is 0. The number of aromatic nitrogens is 2. The minimum absolute atomic E-state index is 0.0384. The average molecular weight is 432 g/mol. The Labute approximate surface area is 179 Å². The molecular formula is C23H27F3N4O. The van der Waals surface area contributed by atoms with Gasteiger partial charge in [0.15, 0.2) is 5.69 Å². The smallest absolute Gasteiger partial charge is 0.337 e. The molecule has 1 amide bonds. The summed E-state index contributed by atoms with van der Waals surface area (Å²) in [6.45, 7) is 2.89. The van der Waals surface area contributed by atoms with Crippen molar-refractivity contribution in [2.75, 3.05) is 26.7 Å². The first kappa shape index (κ1) is 20.5. The quantitative estimate of drug-likeness (QED) is 0.772. The molecule has 1 saturated heterocycles. The van der Waals surface area contributed by atoms with E-state index in [9.17, 15) is 18.0 Å². The molecule has 2 aliphatic carbocycles. The van der Waals surface area contributed by atoms with Gasteiger partial charge in [-0.05, 0) is 50.5 Å². The van der Waals surface area contributed by atoms with E-state index in [1.54, 1.807) is 6.08 Å². The van der Waals surface area contributed by atoms with Gasteiger partial charge in [-0.2, -0.15) is 18.3 Å². The van der Waals surface area contributed by atoms with Gasteiger partial charge in [-0.25, -0.2) is 0 Å². The van der Waals surface area contributed by atoms with Crippen molar-refractivity contribution in [2.24, 2.45) is 17.8 Å². The number of amides is 1. The van der Waals surface area contributed by atoms with Crippen LogP contribution in [0.15, 0.2) is 35.5 Å². The fourth-order valence-corrected chi connectivity index (χ4v) is 5.84. The molecule has 166 valence electrons. The molecule has 2 aliphatic heterocycles. The minimum Gasteiger partial charge on any atom is -0.337 e. The fourth-order valence-electron chi connectivity index (χ4n) is 5.84. The van der Waals surface area contributed by atoms with E-state index in [0.29, 0.717) is 43.6 Å². The number of nitrogens with zero attached hydrogens (tertiary/aromatic N) is 3. The summed E-state index contributed by atoms with van der Waals surface area (Å²) in [6.07, 6.45) is 4.46. The van der Waals surface area contributed by atoms with Crippen LogP contribution in [0.3, 0.4) is 0 Å². The Balaban J connectivity index is 1.29. The molecule has 8 heteroatoms. The second-order valence-electron chi connectivity index (χ2n) is 9.34. The monoisotopic (exact) mass is 432 g/mol. The second kappa shape index (κ2) is 7.65. The summed E-state index contributed by atoms with van der Waals surface area (Å²) in [5.74, 6) is 0.412. The summed E-state index contributed by atoms with van der Waals surface area (Å²) in [4.78, 5) is 17.2. The lowest BCUT2D eigenvalue weighted by Crippen LogP contribution is -2.32. The number of carbonyl (C=O) groups is 1. The standard InChI is InChI=1S/C23H27F3N4O/c1-29-8-7-18-20(13-29)27-28-21(18)22(31)30-11-15-9-14(10-16(15)12-30)17-5-3-2-4-6-19(17)23(24,25)26/h2-4,6,14-16H,5,7-13H2,1H3,(H,27,28)/t14-,15-,16+. The molecular weight excluding hydrogens is 405 g/mol. The van der Waals surface area contributed by atoms with Crippen LogP contribution in [0.5, 0.6) is 0 Å². The van der Waals surface area contributed by atoms with Crippen molar-refractivity contribution < 1.29 is 18.0 Å². The highest BCUT2D eigenvalue weighted by molar-refractivity contribution is 5.94. The topological polar surface area (TPSA) is 52.2 Å². The van der Waals surface area contributed by atoms with Gasteiger partial charge < -0.3 is 9.80 Å². The zero-order valence-electron chi connectivity index (χ0n) is 17.6. The maximum absolute atomic E-state index is 13.6. The molecule has 31 heavy (non-hydrogen) atoms. The second-order valence-corrected chi connectivity index (χ2v) is 9.34. The van der Waals surface area contributed by atoms with E-state index in [0.717, 1.165) is 30.8 Å². The number of rotatable bonds is 2. The van der Waals surface area contributed by atoms with Gasteiger partial charge in [-0.15, -0.1) is 0 Å². The molecule has 0 spiro atoms. The molecule has 1 N–H and O–H groups in total. The number of aromatic amines is 1. The number of hydrogen-bond donors (Lipinski definition) is 1. The molecule has 1 aromatic heterocycles. The molecule has 0 radical (unpaired) electrons. The molecule has 0 bridgehead atoms. The number of likely N-dealkylation sites (N-methyl/N-ethyl adjacent to an activating group) is 1. The predicted octanol–water partition coefficient (Wildman–Crippen LogP) is 3.87. The Kier molecular flexibility index (Phi) is 5.07. The van der Waals surface area contributed by atoms with E-state index in [2.05, 4.69) is 15.1 Å². The van der Waals surface area contributed by atoms with Crippen LogP contribution in [0.2, 0.25) is 0 Å². The average Bonchev–Trinajstić information content (AvgIpc) is 3.34. The molecule has 3 heterocycles. The first-order chi connectivity index (χ1) is 14.8. The first-order valence-electron chi connectivity index (χ1n) is 11.0. The number of alkyl halides is 3. The lowest BCUT2D eigenvalue weighted by atomic mass is 9.89. The molecule has 3 atom stereocenters. The van der Waals surface area contributed by atoms with Gasteiger partial charge >= 0.3 is 6.18 Å². The van der Waals surface area contributed by atoms with Crippen molar-refractivity contribution in [3.63, 3.8) is 0 Å². The van der Waals surface area contributed by atoms with Crippen LogP contribution in [0.1, 0.15) is 41.0 Å². The molecule has 5 rings (SSSR count). The summed E-state index contributed by atoms with van der Waals surface area (Å²) < 4.78 is 40.8. The van der Waals surface area contributed by atoms with Gasteiger partial charge in [0.05, 0.1) is 11.3 Å². The maximum Gasteiger partial charge on any atom is 0.416 e. The minimum atomic E-state index is -4.33. The zero-order chi connectivity index (χ0) is 21.8. The van der Waals surface area contributed by atoms with Crippen LogP contribution in [-0.4, -0.2) is 58.8 Å². The summed E-state index contributed by atoms with van der Waals surface area (Å²) in [6, 6.07) is 0. The number of allylic oxidation sites excluding steroid dienone is 6. The van der Waals surface area contributed by atoms with Crippen molar-refractivity contribution in [3.8, 4) is 0 Å². The van der Waals surface area contributed by atoms with Crippen molar-refractivity contribution in [1.29, 1.82) is 0 Å². The first-order valence-corrected chi connectivity index (χ1v) is 11.0. The highest BCUT2D eigenvalue weighted by atomic mass is 19.4. The van der Waals surface area contributed by atoms with E-state index in [-0.39, 0.29) is 23.7 Å². The number of H-pyrrole nitrogens is 1. The lowest BCUT2D eigenvalue weighted by Gasteiger charge is -2.24. The van der Waals surface area contributed by atoms with E-state index in [1.807, 2.05) is 18.0 Å². The molecule has 4 aliphatic rings. The van der Waals surface area contributed by atoms with Gasteiger partial charge in [0.1, 0.15) is 0 Å². The Morgan fingerprint density at radius 2 is 1.94 bits per heavy atom. The molecule has 1 aromatic rings. The summed E-state index contributed by atoms with van der Waals surface area (Å²) in [5, 5.41) is 7.34. The Morgan fingerprint density at radius 3 is 2.65 bits per heavy atom. The van der Waals surface area contributed by atoms with Crippen LogP contribution in [-0.2, 0) is 13.0 Å². The van der Waals surface area contributed by atoms with Crippen LogP contribution >= 0.6 is 0 Å². The third-order valence-corrected chi connectivity index (χ3v) is 7.36. The van der Waals surface area contributed by atoms with E-state index < -0.39 is 11.7 Å². The SMILES string of the molecule is CN1CCc2c(C(=O)N3C[C@H]4C[C@@H](C5=C(C(F)(F)F)C=CC=CC5)C[C@H]4C3)n[nH]c2C1. The van der Waals surface area contributed by atoms with Crippen molar-refractivity contribution in [3.05, 3.63) is 52.4 Å². The number of hydrogen-bond acceptors (Lipinski definition) is 3. The van der Waals surface area contributed by atoms with Crippen LogP contribution in [0, 0.1) is 17.8 Å². The number of carbonyl (C=O) groups excluding carboxylic acids is 1. The number of fused-ring (bicyclic) bond motifs is 2. The van der Waals surface area contributed by atoms with Crippen molar-refractivity contribution >= 4 is 5.91 Å².